The zero-order chi connectivity index (χ0) is 26.4. The van der Waals surface area contributed by atoms with E-state index in [1.165, 1.54) is 11.9 Å². The van der Waals surface area contributed by atoms with Gasteiger partial charge in [-0.3, -0.25) is 9.59 Å². The van der Waals surface area contributed by atoms with Crippen molar-refractivity contribution in [2.75, 3.05) is 20.1 Å². The predicted octanol–water partition coefficient (Wildman–Crippen LogP) is 3.98. The maximum absolute atomic E-state index is 13.5. The van der Waals surface area contributed by atoms with Crippen LogP contribution in [0, 0.1) is 0 Å². The largest absolute Gasteiger partial charge is 0.352 e. The van der Waals surface area contributed by atoms with Crippen LogP contribution in [0.1, 0.15) is 38.2 Å². The molecule has 0 unspecified atom stereocenters. The molecule has 37 heavy (non-hydrogen) atoms. The van der Waals surface area contributed by atoms with Crippen LogP contribution in [0.5, 0.6) is 0 Å². The van der Waals surface area contributed by atoms with Crippen molar-refractivity contribution in [3.05, 3.63) is 78.4 Å². The van der Waals surface area contributed by atoms with E-state index in [0.717, 1.165) is 46.3 Å². The van der Waals surface area contributed by atoms with Gasteiger partial charge in [-0.15, -0.1) is 0 Å². The number of likely N-dealkylation sites (N-methyl/N-ethyl adjacent to an activating group) is 1. The molecule has 1 aliphatic rings. The molecule has 0 aromatic heterocycles. The summed E-state index contributed by atoms with van der Waals surface area (Å²) in [4.78, 5) is 28.2. The molecule has 1 fully saturated rings. The fourth-order valence-electron chi connectivity index (χ4n) is 4.84. The van der Waals surface area contributed by atoms with Gasteiger partial charge in [0.05, 0.1) is 11.4 Å². The van der Waals surface area contributed by atoms with Crippen LogP contribution < -0.4 is 5.32 Å². The van der Waals surface area contributed by atoms with E-state index in [1.807, 2.05) is 54.6 Å². The molecule has 0 aliphatic heterocycles. The van der Waals surface area contributed by atoms with Crippen LogP contribution in [0.25, 0.3) is 10.8 Å². The number of carbonyl (C=O) groups excluding carboxylic acids is 2. The van der Waals surface area contributed by atoms with Crippen molar-refractivity contribution >= 4 is 32.6 Å². The number of carbonyl (C=O) groups is 2. The van der Waals surface area contributed by atoms with Gasteiger partial charge in [-0.05, 0) is 54.7 Å². The van der Waals surface area contributed by atoms with Crippen molar-refractivity contribution in [3.8, 4) is 0 Å². The minimum absolute atomic E-state index is 0.129. The van der Waals surface area contributed by atoms with Gasteiger partial charge in [0.2, 0.25) is 21.8 Å². The molecule has 0 bridgehead atoms. The lowest BCUT2D eigenvalue weighted by Crippen LogP contribution is -2.53. The second-order valence-corrected chi connectivity index (χ2v) is 11.8. The first-order valence-electron chi connectivity index (χ1n) is 12.8. The number of fused-ring (bicyclic) bond motifs is 1. The van der Waals surface area contributed by atoms with Crippen molar-refractivity contribution in [3.63, 3.8) is 0 Å². The first-order chi connectivity index (χ1) is 17.8. The van der Waals surface area contributed by atoms with Gasteiger partial charge in [-0.25, -0.2) is 8.42 Å². The first kappa shape index (κ1) is 26.8. The van der Waals surface area contributed by atoms with Gasteiger partial charge >= 0.3 is 0 Å². The van der Waals surface area contributed by atoms with E-state index in [1.54, 1.807) is 25.1 Å². The Morgan fingerprint density at radius 1 is 0.946 bits per heavy atom. The molecule has 2 amide bonds. The Morgan fingerprint density at radius 2 is 1.59 bits per heavy atom. The minimum atomic E-state index is -3.91. The van der Waals surface area contributed by atoms with Crippen molar-refractivity contribution in [1.82, 2.24) is 14.5 Å². The number of nitrogens with one attached hydrogen (secondary N) is 1. The van der Waals surface area contributed by atoms with Crippen molar-refractivity contribution in [2.24, 2.45) is 0 Å². The summed E-state index contributed by atoms with van der Waals surface area (Å²) in [7, 11) is -2.50. The first-order valence-corrected chi connectivity index (χ1v) is 14.3. The highest BCUT2D eigenvalue weighted by Gasteiger charge is 2.31. The Kier molecular flexibility index (Phi) is 8.61. The summed E-state index contributed by atoms with van der Waals surface area (Å²) in [6, 6.07) is 21.6. The van der Waals surface area contributed by atoms with E-state index in [4.69, 9.17) is 0 Å². The zero-order valence-corrected chi connectivity index (χ0v) is 22.3. The minimum Gasteiger partial charge on any atom is -0.352 e. The number of hydrogen-bond acceptors (Lipinski definition) is 4. The molecule has 196 valence electrons. The number of amides is 2. The normalized spacial score (nSPS) is 15.1. The average molecular weight is 522 g/mol. The lowest BCUT2D eigenvalue weighted by atomic mass is 10.1. The highest BCUT2D eigenvalue weighted by molar-refractivity contribution is 7.89. The van der Waals surface area contributed by atoms with Gasteiger partial charge in [-0.1, -0.05) is 73.5 Å². The van der Waals surface area contributed by atoms with Crippen molar-refractivity contribution in [2.45, 2.75) is 56.0 Å². The van der Waals surface area contributed by atoms with Gasteiger partial charge < -0.3 is 10.2 Å². The van der Waals surface area contributed by atoms with Gasteiger partial charge in [0.15, 0.2) is 0 Å². The Labute approximate surface area is 219 Å². The Hall–Kier alpha value is -3.23. The van der Waals surface area contributed by atoms with Gasteiger partial charge in [0.1, 0.15) is 6.04 Å². The third-order valence-corrected chi connectivity index (χ3v) is 8.94. The van der Waals surface area contributed by atoms with E-state index in [9.17, 15) is 18.0 Å². The van der Waals surface area contributed by atoms with E-state index >= 15 is 0 Å². The SMILES string of the molecule is C[C@H](C(=O)NC1CCCC1)N(CCc1ccccc1)C(=O)CN(C)S(=O)(=O)c1ccc2ccccc2c1. The number of benzene rings is 3. The quantitative estimate of drug-likeness (QED) is 0.437. The summed E-state index contributed by atoms with van der Waals surface area (Å²) in [5.41, 5.74) is 1.04. The molecule has 1 aliphatic carbocycles. The van der Waals surface area contributed by atoms with E-state index < -0.39 is 22.0 Å². The monoisotopic (exact) mass is 521 g/mol. The summed E-state index contributed by atoms with van der Waals surface area (Å²) >= 11 is 0. The third-order valence-electron chi connectivity index (χ3n) is 7.14. The standard InChI is InChI=1S/C29H35N3O4S/c1-22(29(34)30-26-14-8-9-15-26)32(19-18-23-10-4-3-5-11-23)28(33)21-31(2)37(35,36)27-17-16-24-12-6-7-13-25(24)20-27/h3-7,10-13,16-17,20,22,26H,8-9,14-15,18-19,21H2,1-2H3,(H,30,34)/t22-/m1/s1. The van der Waals surface area contributed by atoms with Crippen molar-refractivity contribution < 1.29 is 18.0 Å². The molecule has 0 heterocycles. The molecule has 0 radical (unpaired) electrons. The Balaban J connectivity index is 1.50. The molecule has 7 nitrogen and oxygen atoms in total. The highest BCUT2D eigenvalue weighted by Crippen LogP contribution is 2.22. The fourth-order valence-corrected chi connectivity index (χ4v) is 5.99. The molecule has 1 atom stereocenters. The molecule has 8 heteroatoms. The third kappa shape index (κ3) is 6.56. The number of nitrogens with zero attached hydrogens (tertiary/aromatic N) is 2. The molecule has 0 spiro atoms. The van der Waals surface area contributed by atoms with Crippen LogP contribution in [-0.2, 0) is 26.0 Å². The molecule has 1 N–H and O–H groups in total. The lowest BCUT2D eigenvalue weighted by Gasteiger charge is -2.31. The summed E-state index contributed by atoms with van der Waals surface area (Å²) in [5, 5.41) is 4.82. The molecule has 1 saturated carbocycles. The Morgan fingerprint density at radius 3 is 2.30 bits per heavy atom. The fraction of sp³-hybridized carbons (Fsp3) is 0.379. The zero-order valence-electron chi connectivity index (χ0n) is 21.5. The van der Waals surface area contributed by atoms with Gasteiger partial charge in [0, 0.05) is 19.6 Å². The predicted molar refractivity (Wildman–Crippen MR) is 145 cm³/mol. The number of hydrogen-bond donors (Lipinski definition) is 1. The molecule has 3 aromatic carbocycles. The molecule has 3 aromatic rings. The van der Waals surface area contributed by atoms with E-state index in [-0.39, 0.29) is 23.4 Å². The summed E-state index contributed by atoms with van der Waals surface area (Å²) in [5.74, 6) is -0.606. The van der Waals surface area contributed by atoms with Crippen LogP contribution in [0.4, 0.5) is 0 Å². The van der Waals surface area contributed by atoms with Crippen LogP contribution in [0.15, 0.2) is 77.7 Å². The molecular formula is C29H35N3O4S. The van der Waals surface area contributed by atoms with E-state index in [2.05, 4.69) is 5.32 Å². The number of sulfonamides is 1. The second kappa shape index (κ2) is 11.9. The summed E-state index contributed by atoms with van der Waals surface area (Å²) in [6.07, 6.45) is 4.64. The van der Waals surface area contributed by atoms with Gasteiger partial charge in [-0.2, -0.15) is 4.31 Å². The van der Waals surface area contributed by atoms with E-state index in [0.29, 0.717) is 13.0 Å². The second-order valence-electron chi connectivity index (χ2n) is 9.76. The maximum atomic E-state index is 13.5. The highest BCUT2D eigenvalue weighted by atomic mass is 32.2. The molecule has 4 rings (SSSR count). The molecule has 0 saturated heterocycles. The lowest BCUT2D eigenvalue weighted by molar-refractivity contribution is -0.140. The smallest absolute Gasteiger partial charge is 0.243 e. The van der Waals surface area contributed by atoms with Crippen LogP contribution >= 0.6 is 0 Å². The average Bonchev–Trinajstić information content (AvgIpc) is 3.42. The number of rotatable bonds is 10. The summed E-state index contributed by atoms with van der Waals surface area (Å²) < 4.78 is 27.7. The van der Waals surface area contributed by atoms with Crippen LogP contribution in [-0.4, -0.2) is 61.7 Å². The Bertz CT molecular complexity index is 1340. The topological polar surface area (TPSA) is 86.8 Å². The van der Waals surface area contributed by atoms with Crippen molar-refractivity contribution in [1.29, 1.82) is 0 Å². The van der Waals surface area contributed by atoms with Gasteiger partial charge in [0.25, 0.3) is 0 Å². The van der Waals surface area contributed by atoms with Crippen LogP contribution in [0.2, 0.25) is 0 Å². The van der Waals surface area contributed by atoms with Crippen LogP contribution in [0.3, 0.4) is 0 Å². The maximum Gasteiger partial charge on any atom is 0.243 e. The molecular weight excluding hydrogens is 486 g/mol. The summed E-state index contributed by atoms with van der Waals surface area (Å²) in [6.45, 7) is 1.67.